The molecule has 0 unspecified atom stereocenters. The molecule has 2 heteroatoms. The van der Waals surface area contributed by atoms with Crippen LogP contribution >= 0.6 is 0 Å². The van der Waals surface area contributed by atoms with E-state index in [1.54, 1.807) is 0 Å². The number of rotatable bonds is 1. The van der Waals surface area contributed by atoms with E-state index in [0.29, 0.717) is 29.8 Å². The topological polar surface area (TPSA) is 34.1 Å². The summed E-state index contributed by atoms with van der Waals surface area (Å²) < 4.78 is 0. The minimum Gasteiger partial charge on any atom is -0.299 e. The summed E-state index contributed by atoms with van der Waals surface area (Å²) in [4.78, 5) is 23.2. The second kappa shape index (κ2) is 4.40. The third kappa shape index (κ3) is 2.10. The van der Waals surface area contributed by atoms with E-state index in [9.17, 15) is 9.59 Å². The number of hydrogen-bond acceptors (Lipinski definition) is 2. The first kappa shape index (κ1) is 11.2. The largest absolute Gasteiger partial charge is 0.299 e. The molecular formula is C15H20O2. The zero-order chi connectivity index (χ0) is 11.8. The highest BCUT2D eigenvalue weighted by atomic mass is 16.1. The van der Waals surface area contributed by atoms with E-state index in [2.05, 4.69) is 0 Å². The van der Waals surface area contributed by atoms with Gasteiger partial charge in [-0.2, -0.15) is 0 Å². The van der Waals surface area contributed by atoms with E-state index < -0.39 is 0 Å². The molecule has 0 aromatic rings. The van der Waals surface area contributed by atoms with E-state index in [-0.39, 0.29) is 0 Å². The molecule has 3 aliphatic carbocycles. The summed E-state index contributed by atoms with van der Waals surface area (Å²) in [5.41, 5.74) is 2.95. The van der Waals surface area contributed by atoms with Crippen LogP contribution in [0.2, 0.25) is 0 Å². The molecule has 0 aliphatic heterocycles. The van der Waals surface area contributed by atoms with Gasteiger partial charge in [-0.1, -0.05) is 11.1 Å². The Morgan fingerprint density at radius 1 is 0.882 bits per heavy atom. The van der Waals surface area contributed by atoms with Crippen LogP contribution in [0.25, 0.3) is 0 Å². The summed E-state index contributed by atoms with van der Waals surface area (Å²) in [6.07, 6.45) is 8.79. The Morgan fingerprint density at radius 2 is 1.76 bits per heavy atom. The first-order chi connectivity index (χ1) is 8.24. The molecule has 0 heterocycles. The van der Waals surface area contributed by atoms with E-state index in [1.807, 2.05) is 0 Å². The van der Waals surface area contributed by atoms with Crippen molar-refractivity contribution in [2.45, 2.75) is 57.8 Å². The second-order valence-electron chi connectivity index (χ2n) is 5.89. The van der Waals surface area contributed by atoms with Gasteiger partial charge >= 0.3 is 0 Å². The van der Waals surface area contributed by atoms with Gasteiger partial charge in [0.1, 0.15) is 11.6 Å². The van der Waals surface area contributed by atoms with Crippen molar-refractivity contribution in [2.24, 2.45) is 11.8 Å². The summed E-state index contributed by atoms with van der Waals surface area (Å²) in [5.74, 6) is 1.86. The predicted molar refractivity (Wildman–Crippen MR) is 65.6 cm³/mol. The maximum atomic E-state index is 11.8. The van der Waals surface area contributed by atoms with Crippen molar-refractivity contribution in [3.8, 4) is 0 Å². The Morgan fingerprint density at radius 3 is 2.53 bits per heavy atom. The molecule has 2 nitrogen and oxygen atoms in total. The summed E-state index contributed by atoms with van der Waals surface area (Å²) in [6, 6.07) is 0. The molecule has 0 N–H and O–H groups in total. The van der Waals surface area contributed by atoms with Crippen LogP contribution in [0.15, 0.2) is 11.1 Å². The molecule has 0 aromatic carbocycles. The molecule has 1 fully saturated rings. The highest BCUT2D eigenvalue weighted by Crippen LogP contribution is 2.43. The van der Waals surface area contributed by atoms with E-state index in [0.717, 1.165) is 51.4 Å². The van der Waals surface area contributed by atoms with Crippen LogP contribution in [0.1, 0.15) is 57.8 Å². The third-order valence-electron chi connectivity index (χ3n) is 4.86. The molecule has 0 saturated heterocycles. The minimum atomic E-state index is 0.349. The van der Waals surface area contributed by atoms with Crippen LogP contribution in [0.4, 0.5) is 0 Å². The lowest BCUT2D eigenvalue weighted by Crippen LogP contribution is -2.25. The highest BCUT2D eigenvalue weighted by molar-refractivity contribution is 5.84. The normalized spacial score (nSPS) is 34.1. The van der Waals surface area contributed by atoms with Crippen molar-refractivity contribution in [1.82, 2.24) is 0 Å². The first-order valence-electron chi connectivity index (χ1n) is 6.98. The standard InChI is InChI=1S/C15H20O2/c16-13-7-6-10-8-12(5-4-11(10)9-13)14-2-1-3-15(14)17/h12,14H,1-9H2/t12-,14-/m1/s1. The Hall–Kier alpha value is -0.920. The average molecular weight is 232 g/mol. The van der Waals surface area contributed by atoms with Crippen molar-refractivity contribution in [2.75, 3.05) is 0 Å². The van der Waals surface area contributed by atoms with Crippen LogP contribution < -0.4 is 0 Å². The molecule has 17 heavy (non-hydrogen) atoms. The number of allylic oxidation sites excluding steroid dienone is 2. The lowest BCUT2D eigenvalue weighted by atomic mass is 9.72. The van der Waals surface area contributed by atoms with Gasteiger partial charge in [-0.25, -0.2) is 0 Å². The molecule has 92 valence electrons. The van der Waals surface area contributed by atoms with Gasteiger partial charge in [0.15, 0.2) is 0 Å². The van der Waals surface area contributed by atoms with Gasteiger partial charge in [-0.05, 0) is 44.4 Å². The monoisotopic (exact) mass is 232 g/mol. The van der Waals surface area contributed by atoms with Crippen LogP contribution in [0.3, 0.4) is 0 Å². The fourth-order valence-corrected chi connectivity index (χ4v) is 3.89. The van der Waals surface area contributed by atoms with Gasteiger partial charge < -0.3 is 0 Å². The number of carbonyl (C=O) groups excluding carboxylic acids is 2. The smallest absolute Gasteiger partial charge is 0.137 e. The fraction of sp³-hybridized carbons (Fsp3) is 0.733. The van der Waals surface area contributed by atoms with Gasteiger partial charge in [0.05, 0.1) is 0 Å². The quantitative estimate of drug-likeness (QED) is 0.650. The lowest BCUT2D eigenvalue weighted by Gasteiger charge is -2.32. The molecule has 1 saturated carbocycles. The molecule has 2 atom stereocenters. The summed E-state index contributed by atoms with van der Waals surface area (Å²) in [6.45, 7) is 0. The molecule has 0 aromatic heterocycles. The molecule has 0 spiro atoms. The van der Waals surface area contributed by atoms with E-state index in [4.69, 9.17) is 0 Å². The lowest BCUT2D eigenvalue weighted by molar-refractivity contribution is -0.122. The Balaban J connectivity index is 1.72. The SMILES string of the molecule is O=C1CCC2=C(CC[C@@H]([C@H]3CCCC3=O)C2)C1. The zero-order valence-electron chi connectivity index (χ0n) is 10.3. The zero-order valence-corrected chi connectivity index (χ0v) is 10.3. The first-order valence-corrected chi connectivity index (χ1v) is 6.98. The minimum absolute atomic E-state index is 0.349. The van der Waals surface area contributed by atoms with Crippen molar-refractivity contribution in [3.05, 3.63) is 11.1 Å². The molecule has 3 aliphatic rings. The molecule has 0 radical (unpaired) electrons. The number of hydrogen-bond donors (Lipinski definition) is 0. The van der Waals surface area contributed by atoms with Crippen molar-refractivity contribution in [1.29, 1.82) is 0 Å². The summed E-state index contributed by atoms with van der Waals surface area (Å²) in [5, 5.41) is 0. The van der Waals surface area contributed by atoms with E-state index >= 15 is 0 Å². The van der Waals surface area contributed by atoms with E-state index in [1.165, 1.54) is 11.1 Å². The maximum absolute atomic E-state index is 11.8. The number of carbonyl (C=O) groups is 2. The third-order valence-corrected chi connectivity index (χ3v) is 4.86. The van der Waals surface area contributed by atoms with Crippen LogP contribution in [-0.4, -0.2) is 11.6 Å². The fourth-order valence-electron chi connectivity index (χ4n) is 3.89. The van der Waals surface area contributed by atoms with Crippen molar-refractivity contribution < 1.29 is 9.59 Å². The molecular weight excluding hydrogens is 212 g/mol. The maximum Gasteiger partial charge on any atom is 0.137 e. The van der Waals surface area contributed by atoms with Gasteiger partial charge in [0.25, 0.3) is 0 Å². The molecule has 0 amide bonds. The summed E-state index contributed by atoms with van der Waals surface area (Å²) in [7, 11) is 0. The highest BCUT2D eigenvalue weighted by Gasteiger charge is 2.35. The van der Waals surface area contributed by atoms with Crippen LogP contribution in [0.5, 0.6) is 0 Å². The second-order valence-corrected chi connectivity index (χ2v) is 5.89. The number of Topliss-reactive ketones (excluding diaryl/α,β-unsaturated/α-hetero) is 2. The van der Waals surface area contributed by atoms with Gasteiger partial charge in [-0.15, -0.1) is 0 Å². The van der Waals surface area contributed by atoms with Gasteiger partial charge in [-0.3, -0.25) is 9.59 Å². The Bertz CT molecular complexity index is 392. The van der Waals surface area contributed by atoms with Gasteiger partial charge in [0.2, 0.25) is 0 Å². The Kier molecular flexibility index (Phi) is 2.89. The van der Waals surface area contributed by atoms with Crippen LogP contribution in [0, 0.1) is 11.8 Å². The van der Waals surface area contributed by atoms with Crippen molar-refractivity contribution >= 4 is 11.6 Å². The summed E-state index contributed by atoms with van der Waals surface area (Å²) >= 11 is 0. The molecule has 0 bridgehead atoms. The number of ketones is 2. The predicted octanol–water partition coefficient (Wildman–Crippen LogP) is 3.21. The van der Waals surface area contributed by atoms with Crippen molar-refractivity contribution in [3.63, 3.8) is 0 Å². The average Bonchev–Trinajstić information content (AvgIpc) is 2.75. The van der Waals surface area contributed by atoms with Crippen LogP contribution in [-0.2, 0) is 9.59 Å². The van der Waals surface area contributed by atoms with Gasteiger partial charge in [0, 0.05) is 25.2 Å². The molecule has 3 rings (SSSR count). The Labute approximate surface area is 102 Å².